The van der Waals surface area contributed by atoms with Crippen LogP contribution in [0.4, 0.5) is 0 Å². The third kappa shape index (κ3) is 2.89. The highest BCUT2D eigenvalue weighted by Gasteiger charge is 2.18. The molecule has 0 fully saturated rings. The van der Waals surface area contributed by atoms with Gasteiger partial charge in [-0.1, -0.05) is 30.3 Å². The number of hydrogen-bond donors (Lipinski definition) is 0. The second-order valence-electron chi connectivity index (χ2n) is 6.14. The van der Waals surface area contributed by atoms with Crippen molar-refractivity contribution in [3.8, 4) is 22.5 Å². The summed E-state index contributed by atoms with van der Waals surface area (Å²) in [6.07, 6.45) is 6.97. The molecule has 4 heterocycles. The Bertz CT molecular complexity index is 1310. The van der Waals surface area contributed by atoms with Gasteiger partial charge in [-0.05, 0) is 6.07 Å². The minimum absolute atomic E-state index is 0.171. The lowest BCUT2D eigenvalue weighted by atomic mass is 10.0. The molecule has 0 unspecified atom stereocenters. The molecule has 28 heavy (non-hydrogen) atoms. The molecule has 4 aromatic heterocycles. The first-order chi connectivity index (χ1) is 13.8. The highest BCUT2D eigenvalue weighted by Crippen LogP contribution is 2.33. The highest BCUT2D eigenvalue weighted by molar-refractivity contribution is 7.09. The average Bonchev–Trinajstić information content (AvgIpc) is 3.38. The van der Waals surface area contributed by atoms with Crippen molar-refractivity contribution in [1.29, 1.82) is 0 Å². The third-order valence-electron chi connectivity index (χ3n) is 4.38. The van der Waals surface area contributed by atoms with Crippen LogP contribution in [0.5, 0.6) is 0 Å². The van der Waals surface area contributed by atoms with Gasteiger partial charge in [0, 0.05) is 35.6 Å². The average molecular weight is 386 g/mol. The molecule has 136 valence electrons. The van der Waals surface area contributed by atoms with E-state index in [0.717, 1.165) is 27.3 Å². The zero-order chi connectivity index (χ0) is 18.9. The normalized spacial score (nSPS) is 11.1. The van der Waals surface area contributed by atoms with Gasteiger partial charge in [0.05, 0.1) is 29.5 Å². The Morgan fingerprint density at radius 1 is 1.00 bits per heavy atom. The van der Waals surface area contributed by atoms with Crippen LogP contribution in [0.3, 0.4) is 0 Å². The Morgan fingerprint density at radius 2 is 1.89 bits per heavy atom. The van der Waals surface area contributed by atoms with Crippen LogP contribution in [-0.2, 0) is 6.54 Å². The van der Waals surface area contributed by atoms with Crippen LogP contribution < -0.4 is 5.56 Å². The Hall–Kier alpha value is -3.65. The van der Waals surface area contributed by atoms with Crippen LogP contribution in [0.1, 0.15) is 5.01 Å². The first kappa shape index (κ1) is 16.5. The molecule has 0 aliphatic heterocycles. The molecule has 0 saturated heterocycles. The largest absolute Gasteiger partial charge is 0.268 e. The van der Waals surface area contributed by atoms with E-state index in [-0.39, 0.29) is 5.56 Å². The zero-order valence-corrected chi connectivity index (χ0v) is 15.5. The number of thiazole rings is 1. The number of nitrogens with zero attached hydrogens (tertiary/aromatic N) is 6. The van der Waals surface area contributed by atoms with Crippen molar-refractivity contribution in [3.05, 3.63) is 88.0 Å². The summed E-state index contributed by atoms with van der Waals surface area (Å²) in [5.41, 5.74) is 3.93. The second kappa shape index (κ2) is 6.82. The van der Waals surface area contributed by atoms with Crippen molar-refractivity contribution >= 4 is 16.9 Å². The molecule has 0 aliphatic carbocycles. The molecule has 0 saturated carbocycles. The lowest BCUT2D eigenvalue weighted by molar-refractivity contribution is 0.640. The third-order valence-corrected chi connectivity index (χ3v) is 5.14. The first-order valence-electron chi connectivity index (χ1n) is 8.64. The molecule has 0 spiro atoms. The summed E-state index contributed by atoms with van der Waals surface area (Å²) in [7, 11) is 0. The predicted octanol–water partition coefficient (Wildman–Crippen LogP) is 3.12. The summed E-state index contributed by atoms with van der Waals surface area (Å²) in [5, 5.41) is 12.1. The van der Waals surface area contributed by atoms with Crippen molar-refractivity contribution in [1.82, 2.24) is 29.4 Å². The van der Waals surface area contributed by atoms with E-state index in [1.165, 1.54) is 22.1 Å². The van der Waals surface area contributed by atoms with Crippen LogP contribution in [0.15, 0.2) is 77.4 Å². The lowest BCUT2D eigenvalue weighted by Gasteiger charge is -2.07. The summed E-state index contributed by atoms with van der Waals surface area (Å²) in [6, 6.07) is 13.2. The van der Waals surface area contributed by atoms with E-state index in [0.29, 0.717) is 12.2 Å². The van der Waals surface area contributed by atoms with Crippen LogP contribution >= 0.6 is 11.3 Å². The minimum atomic E-state index is -0.171. The minimum Gasteiger partial charge on any atom is -0.268 e. The summed E-state index contributed by atoms with van der Waals surface area (Å²) < 4.78 is 3.21. The maximum absolute atomic E-state index is 12.3. The summed E-state index contributed by atoms with van der Waals surface area (Å²) in [4.78, 5) is 20.8. The number of rotatable bonds is 4. The number of benzene rings is 1. The molecular formula is C20H14N6OS. The van der Waals surface area contributed by atoms with Gasteiger partial charge in [0.2, 0.25) is 0 Å². The second-order valence-corrected chi connectivity index (χ2v) is 7.12. The highest BCUT2D eigenvalue weighted by atomic mass is 32.1. The standard InChI is InChI=1S/C20H14N6OS/c27-18-7-6-15(23-26(18)13-17-22-9-11-28-17)19-16-12-21-8-10-25(16)24-20(19)14-4-2-1-3-5-14/h1-12H,13H2. The SMILES string of the molecule is O=c1ccc(-c2c(-c3ccccc3)nn3ccncc23)nn1Cc1nccs1. The van der Waals surface area contributed by atoms with E-state index in [1.807, 2.05) is 35.7 Å². The molecule has 7 nitrogen and oxygen atoms in total. The quantitative estimate of drug-likeness (QED) is 0.474. The molecule has 0 atom stereocenters. The fourth-order valence-corrected chi connectivity index (χ4v) is 3.70. The van der Waals surface area contributed by atoms with Crippen LogP contribution in [-0.4, -0.2) is 29.4 Å². The zero-order valence-electron chi connectivity index (χ0n) is 14.6. The Balaban J connectivity index is 1.72. The number of fused-ring (bicyclic) bond motifs is 1. The fraction of sp³-hybridized carbons (Fsp3) is 0.0500. The lowest BCUT2D eigenvalue weighted by Crippen LogP contribution is -2.22. The monoisotopic (exact) mass is 386 g/mol. The van der Waals surface area contributed by atoms with Gasteiger partial charge < -0.3 is 0 Å². The molecule has 0 radical (unpaired) electrons. The van der Waals surface area contributed by atoms with E-state index >= 15 is 0 Å². The molecule has 0 bridgehead atoms. The Labute approximate surface area is 163 Å². The van der Waals surface area contributed by atoms with E-state index in [2.05, 4.69) is 15.1 Å². The first-order valence-corrected chi connectivity index (χ1v) is 9.52. The van der Waals surface area contributed by atoms with Crippen LogP contribution in [0.25, 0.3) is 28.0 Å². The Morgan fingerprint density at radius 3 is 2.71 bits per heavy atom. The number of aromatic nitrogens is 6. The maximum Gasteiger partial charge on any atom is 0.267 e. The topological polar surface area (TPSA) is 78.0 Å². The molecule has 5 rings (SSSR count). The van der Waals surface area contributed by atoms with E-state index in [4.69, 9.17) is 5.10 Å². The fourth-order valence-electron chi connectivity index (χ4n) is 3.11. The molecule has 5 aromatic rings. The number of hydrogen-bond acceptors (Lipinski definition) is 6. The summed E-state index contributed by atoms with van der Waals surface area (Å²) >= 11 is 1.50. The van der Waals surface area contributed by atoms with Gasteiger partial charge in [0.15, 0.2) is 0 Å². The van der Waals surface area contributed by atoms with Crippen molar-refractivity contribution in [2.24, 2.45) is 0 Å². The van der Waals surface area contributed by atoms with Crippen molar-refractivity contribution < 1.29 is 0 Å². The van der Waals surface area contributed by atoms with Gasteiger partial charge >= 0.3 is 0 Å². The van der Waals surface area contributed by atoms with E-state index in [9.17, 15) is 4.79 Å². The van der Waals surface area contributed by atoms with Crippen molar-refractivity contribution in [3.63, 3.8) is 0 Å². The van der Waals surface area contributed by atoms with Crippen LogP contribution in [0.2, 0.25) is 0 Å². The van der Waals surface area contributed by atoms with Gasteiger partial charge in [0.25, 0.3) is 5.56 Å². The van der Waals surface area contributed by atoms with Crippen molar-refractivity contribution in [2.75, 3.05) is 0 Å². The maximum atomic E-state index is 12.3. The molecule has 8 heteroatoms. The molecule has 0 N–H and O–H groups in total. The van der Waals surface area contributed by atoms with E-state index < -0.39 is 0 Å². The smallest absolute Gasteiger partial charge is 0.267 e. The van der Waals surface area contributed by atoms with Gasteiger partial charge in [0.1, 0.15) is 10.7 Å². The summed E-state index contributed by atoms with van der Waals surface area (Å²) in [6.45, 7) is 0.336. The van der Waals surface area contributed by atoms with E-state index in [1.54, 1.807) is 35.4 Å². The van der Waals surface area contributed by atoms with Gasteiger partial charge in [-0.25, -0.2) is 14.2 Å². The van der Waals surface area contributed by atoms with Crippen LogP contribution in [0, 0.1) is 0 Å². The predicted molar refractivity (Wildman–Crippen MR) is 107 cm³/mol. The molecule has 0 amide bonds. The molecule has 0 aliphatic rings. The Kier molecular flexibility index (Phi) is 4.02. The van der Waals surface area contributed by atoms with Crippen molar-refractivity contribution in [2.45, 2.75) is 6.54 Å². The van der Waals surface area contributed by atoms with Gasteiger partial charge in [-0.15, -0.1) is 11.3 Å². The summed E-state index contributed by atoms with van der Waals surface area (Å²) in [5.74, 6) is 0. The van der Waals surface area contributed by atoms with Gasteiger partial charge in [-0.3, -0.25) is 9.78 Å². The molecule has 1 aromatic carbocycles. The molecular weight excluding hydrogens is 372 g/mol. The van der Waals surface area contributed by atoms with Gasteiger partial charge in [-0.2, -0.15) is 10.2 Å².